The summed E-state index contributed by atoms with van der Waals surface area (Å²) in [6.45, 7) is 1.41. The van der Waals surface area contributed by atoms with Crippen LogP contribution in [0.1, 0.15) is 19.3 Å². The van der Waals surface area contributed by atoms with Gasteiger partial charge in [-0.05, 0) is 30.8 Å². The number of nitrogens with zero attached hydrogens (tertiary/aromatic N) is 3. The lowest BCUT2D eigenvalue weighted by molar-refractivity contribution is 0.0216. The summed E-state index contributed by atoms with van der Waals surface area (Å²) in [5.74, 6) is 0.0557. The summed E-state index contributed by atoms with van der Waals surface area (Å²) >= 11 is 1.11. The molecule has 0 aliphatic carbocycles. The Morgan fingerprint density at radius 1 is 1.38 bits per heavy atom. The molecule has 1 aromatic rings. The van der Waals surface area contributed by atoms with E-state index < -0.39 is 10.0 Å². The van der Waals surface area contributed by atoms with Crippen molar-refractivity contribution in [3.63, 3.8) is 0 Å². The van der Waals surface area contributed by atoms with Gasteiger partial charge in [0, 0.05) is 34.3 Å². The van der Waals surface area contributed by atoms with E-state index in [9.17, 15) is 8.42 Å². The van der Waals surface area contributed by atoms with E-state index in [-0.39, 0.29) is 16.8 Å². The molecule has 1 aliphatic rings. The molecule has 1 fully saturated rings. The summed E-state index contributed by atoms with van der Waals surface area (Å²) in [6.07, 6.45) is 3.36. The number of nitrogens with two attached hydrogens (primary N) is 1. The molecule has 7 nitrogen and oxygen atoms in total. The summed E-state index contributed by atoms with van der Waals surface area (Å²) in [4.78, 5) is 1.97. The Bertz CT molecular complexity index is 579. The van der Waals surface area contributed by atoms with Crippen molar-refractivity contribution in [1.29, 1.82) is 0 Å². The van der Waals surface area contributed by atoms with Crippen LogP contribution in [-0.2, 0) is 14.8 Å². The Morgan fingerprint density at radius 2 is 2.10 bits per heavy atom. The van der Waals surface area contributed by atoms with E-state index in [2.05, 4.69) is 4.37 Å². The molecule has 0 radical (unpaired) electrons. The van der Waals surface area contributed by atoms with Gasteiger partial charge in [-0.1, -0.05) is 0 Å². The molecular formula is C12H22N4O3S2. The van der Waals surface area contributed by atoms with E-state index in [1.807, 2.05) is 11.9 Å². The highest BCUT2D eigenvalue weighted by molar-refractivity contribution is 7.89. The second-order valence-corrected chi connectivity index (χ2v) is 8.20. The Hall–Kier alpha value is -0.900. The SMILES string of the molecule is CN(CC1CCCCO1)c1snc(N)c1S(=O)(=O)N(C)C. The van der Waals surface area contributed by atoms with Gasteiger partial charge >= 0.3 is 0 Å². The van der Waals surface area contributed by atoms with Crippen LogP contribution in [0.15, 0.2) is 4.90 Å². The first-order valence-electron chi connectivity index (χ1n) is 6.84. The Balaban J connectivity index is 2.24. The molecule has 1 unspecified atom stereocenters. The first-order valence-corrected chi connectivity index (χ1v) is 9.05. The van der Waals surface area contributed by atoms with Crippen molar-refractivity contribution in [1.82, 2.24) is 8.68 Å². The molecule has 1 aromatic heterocycles. The Labute approximate surface area is 129 Å². The average molecular weight is 334 g/mol. The van der Waals surface area contributed by atoms with Gasteiger partial charge in [-0.15, -0.1) is 0 Å². The monoisotopic (exact) mass is 334 g/mol. The zero-order chi connectivity index (χ0) is 15.6. The fourth-order valence-corrected chi connectivity index (χ4v) is 4.51. The highest BCUT2D eigenvalue weighted by atomic mass is 32.2. The Morgan fingerprint density at radius 3 is 2.67 bits per heavy atom. The molecule has 1 saturated heterocycles. The molecule has 21 heavy (non-hydrogen) atoms. The number of aromatic nitrogens is 1. The fraction of sp³-hybridized carbons (Fsp3) is 0.750. The molecule has 120 valence electrons. The average Bonchev–Trinajstić information content (AvgIpc) is 2.82. The molecule has 2 rings (SSSR count). The topological polar surface area (TPSA) is 88.8 Å². The first kappa shape index (κ1) is 16.5. The molecule has 2 N–H and O–H groups in total. The van der Waals surface area contributed by atoms with E-state index in [4.69, 9.17) is 10.5 Å². The van der Waals surface area contributed by atoms with E-state index >= 15 is 0 Å². The van der Waals surface area contributed by atoms with Gasteiger partial charge in [-0.2, -0.15) is 4.37 Å². The molecule has 0 amide bonds. The third kappa shape index (κ3) is 3.47. The van der Waals surface area contributed by atoms with Crippen molar-refractivity contribution in [2.24, 2.45) is 0 Å². The first-order chi connectivity index (χ1) is 9.84. The molecule has 0 saturated carbocycles. The normalized spacial score (nSPS) is 19.9. The smallest absolute Gasteiger partial charge is 0.249 e. The van der Waals surface area contributed by atoms with E-state index in [0.717, 1.165) is 41.7 Å². The maximum absolute atomic E-state index is 12.4. The molecule has 0 spiro atoms. The minimum absolute atomic E-state index is 0.0557. The second kappa shape index (κ2) is 6.47. The number of rotatable bonds is 5. The van der Waals surface area contributed by atoms with Crippen LogP contribution in [0, 0.1) is 0 Å². The van der Waals surface area contributed by atoms with Gasteiger partial charge in [0.15, 0.2) is 10.7 Å². The number of hydrogen-bond donors (Lipinski definition) is 1. The van der Waals surface area contributed by atoms with Gasteiger partial charge in [-0.3, -0.25) is 0 Å². The van der Waals surface area contributed by atoms with Gasteiger partial charge in [0.05, 0.1) is 6.10 Å². The van der Waals surface area contributed by atoms with Crippen molar-refractivity contribution in [3.05, 3.63) is 0 Å². The Kier molecular flexibility index (Phi) is 5.07. The number of hydrogen-bond acceptors (Lipinski definition) is 7. The number of nitrogen functional groups attached to an aromatic ring is 1. The van der Waals surface area contributed by atoms with Gasteiger partial charge in [-0.25, -0.2) is 12.7 Å². The van der Waals surface area contributed by atoms with Crippen molar-refractivity contribution >= 4 is 32.4 Å². The van der Waals surface area contributed by atoms with E-state index in [0.29, 0.717) is 11.5 Å². The second-order valence-electron chi connectivity index (χ2n) is 5.36. The van der Waals surface area contributed by atoms with E-state index in [1.54, 1.807) is 0 Å². The van der Waals surface area contributed by atoms with Crippen LogP contribution in [0.25, 0.3) is 0 Å². The maximum Gasteiger partial charge on any atom is 0.249 e. The zero-order valence-corrected chi connectivity index (χ0v) is 14.2. The van der Waals surface area contributed by atoms with E-state index in [1.165, 1.54) is 14.1 Å². The number of anilines is 2. The molecule has 0 bridgehead atoms. The molecule has 2 heterocycles. The van der Waals surface area contributed by atoms with Crippen LogP contribution in [0.4, 0.5) is 10.8 Å². The number of likely N-dealkylation sites (N-methyl/N-ethyl adjacent to an activating group) is 1. The zero-order valence-electron chi connectivity index (χ0n) is 12.6. The molecule has 1 atom stereocenters. The van der Waals surface area contributed by atoms with Crippen LogP contribution < -0.4 is 10.6 Å². The van der Waals surface area contributed by atoms with Crippen molar-refractivity contribution in [2.45, 2.75) is 30.3 Å². The van der Waals surface area contributed by atoms with Gasteiger partial charge in [0.1, 0.15) is 5.00 Å². The summed E-state index contributed by atoms with van der Waals surface area (Å²) in [6, 6.07) is 0. The van der Waals surface area contributed by atoms with Crippen molar-refractivity contribution < 1.29 is 13.2 Å². The van der Waals surface area contributed by atoms with Gasteiger partial charge < -0.3 is 15.4 Å². The van der Waals surface area contributed by atoms with Crippen LogP contribution in [0.2, 0.25) is 0 Å². The molecule has 0 aromatic carbocycles. The van der Waals surface area contributed by atoms with Crippen LogP contribution in [0.5, 0.6) is 0 Å². The largest absolute Gasteiger partial charge is 0.382 e. The summed E-state index contributed by atoms with van der Waals surface area (Å²) in [7, 11) is 1.21. The number of sulfonamides is 1. The predicted molar refractivity (Wildman–Crippen MR) is 84.3 cm³/mol. The molecule has 9 heteroatoms. The van der Waals surface area contributed by atoms with Crippen LogP contribution in [-0.4, -0.2) is 57.5 Å². The minimum Gasteiger partial charge on any atom is -0.382 e. The summed E-state index contributed by atoms with van der Waals surface area (Å²) in [5.41, 5.74) is 5.77. The molecular weight excluding hydrogens is 312 g/mol. The lowest BCUT2D eigenvalue weighted by Gasteiger charge is -2.28. The third-order valence-electron chi connectivity index (χ3n) is 3.49. The standard InChI is InChI=1S/C12H22N4O3S2/c1-15(2)21(17,18)10-11(13)14-20-12(10)16(3)8-9-6-4-5-7-19-9/h9H,4-8H2,1-3H3,(H2,13,14). The van der Waals surface area contributed by atoms with Gasteiger partial charge in [0.2, 0.25) is 10.0 Å². The van der Waals surface area contributed by atoms with Crippen molar-refractivity contribution in [2.75, 3.05) is 44.9 Å². The van der Waals surface area contributed by atoms with Gasteiger partial charge in [0.25, 0.3) is 0 Å². The highest BCUT2D eigenvalue weighted by Gasteiger charge is 2.30. The minimum atomic E-state index is -3.61. The maximum atomic E-state index is 12.4. The quantitative estimate of drug-likeness (QED) is 0.863. The lowest BCUT2D eigenvalue weighted by Crippen LogP contribution is -2.34. The van der Waals surface area contributed by atoms with Crippen molar-refractivity contribution in [3.8, 4) is 0 Å². The number of ether oxygens (including phenoxy) is 1. The lowest BCUT2D eigenvalue weighted by atomic mass is 10.1. The predicted octanol–water partition coefficient (Wildman–Crippen LogP) is 0.981. The summed E-state index contributed by atoms with van der Waals surface area (Å²) in [5, 5.41) is 0.565. The molecule has 1 aliphatic heterocycles. The third-order valence-corrected chi connectivity index (χ3v) is 6.48. The fourth-order valence-electron chi connectivity index (χ4n) is 2.29. The van der Waals surface area contributed by atoms with Crippen LogP contribution in [0.3, 0.4) is 0 Å². The highest BCUT2D eigenvalue weighted by Crippen LogP contribution is 2.35. The summed E-state index contributed by atoms with van der Waals surface area (Å²) < 4.78 is 35.6. The van der Waals surface area contributed by atoms with Crippen LogP contribution >= 0.6 is 11.5 Å².